The summed E-state index contributed by atoms with van der Waals surface area (Å²) in [4.78, 5) is 31.7. The maximum Gasteiger partial charge on any atom is 0.262 e. The van der Waals surface area contributed by atoms with Crippen molar-refractivity contribution in [1.29, 1.82) is 0 Å². The molecule has 2 aromatic carbocycles. The number of benzene rings is 2. The summed E-state index contributed by atoms with van der Waals surface area (Å²) in [5, 5.41) is 2.79. The number of carbonyl (C=O) groups is 2. The Bertz CT molecular complexity index is 1220. The molecule has 2 aliphatic rings. The first-order valence-corrected chi connectivity index (χ1v) is 13.1. The molecule has 2 unspecified atom stereocenters. The fourth-order valence-corrected chi connectivity index (χ4v) is 5.44. The Kier molecular flexibility index (Phi) is 7.02. The van der Waals surface area contributed by atoms with E-state index in [4.69, 9.17) is 0 Å². The summed E-state index contributed by atoms with van der Waals surface area (Å²) in [5.41, 5.74) is 2.31. The van der Waals surface area contributed by atoms with Crippen LogP contribution in [-0.2, 0) is 19.6 Å². The number of amidine groups is 1. The van der Waals surface area contributed by atoms with Crippen molar-refractivity contribution in [3.8, 4) is 0 Å². The molecule has 2 atom stereocenters. The maximum absolute atomic E-state index is 13.0. The number of aliphatic imine (C=N–C) groups is 1. The van der Waals surface area contributed by atoms with Gasteiger partial charge >= 0.3 is 0 Å². The van der Waals surface area contributed by atoms with Crippen molar-refractivity contribution in [3.63, 3.8) is 0 Å². The van der Waals surface area contributed by atoms with Crippen LogP contribution in [0.3, 0.4) is 0 Å². The molecule has 2 aliphatic heterocycles. The number of nitrogens with one attached hydrogen (secondary N) is 2. The van der Waals surface area contributed by atoms with Crippen LogP contribution in [0.2, 0.25) is 0 Å². The Morgan fingerprint density at radius 3 is 2.74 bits per heavy atom. The molecule has 9 heteroatoms. The summed E-state index contributed by atoms with van der Waals surface area (Å²) in [5.74, 6) is -0.168. The number of carbonyl (C=O) groups excluding carboxylic acids is 2. The van der Waals surface area contributed by atoms with E-state index in [-0.39, 0.29) is 29.7 Å². The van der Waals surface area contributed by atoms with E-state index >= 15 is 0 Å². The van der Waals surface area contributed by atoms with Gasteiger partial charge in [-0.25, -0.2) is 8.42 Å². The van der Waals surface area contributed by atoms with Crippen LogP contribution in [0.1, 0.15) is 51.0 Å². The predicted molar refractivity (Wildman–Crippen MR) is 133 cm³/mol. The van der Waals surface area contributed by atoms with E-state index < -0.39 is 15.9 Å². The highest BCUT2D eigenvalue weighted by atomic mass is 32.2. The number of amides is 2. The molecule has 0 bridgehead atoms. The lowest BCUT2D eigenvalue weighted by molar-refractivity contribution is -0.122. The van der Waals surface area contributed by atoms with E-state index in [1.807, 2.05) is 24.3 Å². The van der Waals surface area contributed by atoms with Gasteiger partial charge in [-0.05, 0) is 48.6 Å². The molecular formula is C25H30N4O4S. The molecule has 1 saturated heterocycles. The van der Waals surface area contributed by atoms with Crippen LogP contribution < -0.4 is 14.9 Å². The number of rotatable bonds is 7. The summed E-state index contributed by atoms with van der Waals surface area (Å²) < 4.78 is 27.9. The minimum atomic E-state index is -3.78. The van der Waals surface area contributed by atoms with E-state index in [0.29, 0.717) is 30.4 Å². The van der Waals surface area contributed by atoms with E-state index in [1.165, 1.54) is 12.1 Å². The molecule has 1 fully saturated rings. The largest absolute Gasteiger partial charge is 0.326 e. The van der Waals surface area contributed by atoms with Gasteiger partial charge < -0.3 is 10.2 Å². The van der Waals surface area contributed by atoms with E-state index in [9.17, 15) is 18.0 Å². The summed E-state index contributed by atoms with van der Waals surface area (Å²) >= 11 is 0. The van der Waals surface area contributed by atoms with Crippen molar-refractivity contribution in [2.75, 3.05) is 23.3 Å². The molecule has 2 aromatic rings. The van der Waals surface area contributed by atoms with Gasteiger partial charge in [-0.2, -0.15) is 0 Å². The normalized spacial score (nSPS) is 19.1. The Morgan fingerprint density at radius 1 is 1.21 bits per heavy atom. The third-order valence-electron chi connectivity index (χ3n) is 6.41. The molecule has 0 spiro atoms. The summed E-state index contributed by atoms with van der Waals surface area (Å²) in [6, 6.07) is 13.9. The highest BCUT2D eigenvalue weighted by Gasteiger charge is 2.36. The van der Waals surface area contributed by atoms with Gasteiger partial charge in [-0.1, -0.05) is 38.1 Å². The van der Waals surface area contributed by atoms with Crippen molar-refractivity contribution in [3.05, 3.63) is 54.1 Å². The quantitative estimate of drug-likeness (QED) is 0.628. The molecule has 0 aliphatic carbocycles. The first kappa shape index (κ1) is 23.9. The number of anilines is 2. The van der Waals surface area contributed by atoms with Gasteiger partial charge in [0.05, 0.1) is 10.8 Å². The highest BCUT2D eigenvalue weighted by Crippen LogP contribution is 2.33. The second kappa shape index (κ2) is 9.97. The Balaban J connectivity index is 1.46. The zero-order valence-corrected chi connectivity index (χ0v) is 20.3. The van der Waals surface area contributed by atoms with Crippen LogP contribution in [0.5, 0.6) is 0 Å². The monoisotopic (exact) mass is 482 g/mol. The summed E-state index contributed by atoms with van der Waals surface area (Å²) in [6.07, 6.45) is 2.49. The molecule has 2 heterocycles. The molecule has 34 heavy (non-hydrogen) atoms. The Hall–Kier alpha value is -3.20. The van der Waals surface area contributed by atoms with E-state index in [1.54, 1.807) is 17.0 Å². The SMILES string of the molecule is CCC(C)c1ccccc1N1CC(C(=O)Nc2cccc(S(=O)(=O)NC3=NCCC3)c2)CC1=O. The van der Waals surface area contributed by atoms with E-state index in [2.05, 4.69) is 28.9 Å². The molecule has 180 valence electrons. The van der Waals surface area contributed by atoms with Crippen LogP contribution in [0.15, 0.2) is 58.4 Å². The third-order valence-corrected chi connectivity index (χ3v) is 7.78. The smallest absolute Gasteiger partial charge is 0.262 e. The molecule has 0 saturated carbocycles. The van der Waals surface area contributed by atoms with Crippen molar-refractivity contribution in [2.24, 2.45) is 10.9 Å². The molecule has 2 N–H and O–H groups in total. The zero-order valence-electron chi connectivity index (χ0n) is 19.5. The molecule has 8 nitrogen and oxygen atoms in total. The number of para-hydroxylation sites is 1. The first-order chi connectivity index (χ1) is 16.3. The first-order valence-electron chi connectivity index (χ1n) is 11.6. The lowest BCUT2D eigenvalue weighted by atomic mass is 9.96. The zero-order chi connectivity index (χ0) is 24.3. The standard InChI is InChI=1S/C25H30N4O4S/c1-3-17(2)21-10-4-5-11-22(21)29-16-18(14-24(29)30)25(31)27-19-8-6-9-20(15-19)34(32,33)28-23-12-7-13-26-23/h4-6,8-11,15,17-18H,3,7,12-14,16H2,1-2H3,(H,26,28)(H,27,31). The van der Waals surface area contributed by atoms with Gasteiger partial charge in [0.25, 0.3) is 10.0 Å². The minimum absolute atomic E-state index is 0.0477. The molecule has 0 aromatic heterocycles. The minimum Gasteiger partial charge on any atom is -0.326 e. The fraction of sp³-hybridized carbons (Fsp3) is 0.400. The molecular weight excluding hydrogens is 452 g/mol. The Labute approximate surface area is 200 Å². The van der Waals surface area contributed by atoms with Gasteiger partial charge in [0.15, 0.2) is 0 Å². The lowest BCUT2D eigenvalue weighted by Gasteiger charge is -2.23. The second-order valence-electron chi connectivity index (χ2n) is 8.83. The average Bonchev–Trinajstić information content (AvgIpc) is 3.48. The second-order valence-corrected chi connectivity index (χ2v) is 10.5. The maximum atomic E-state index is 13.0. The van der Waals surface area contributed by atoms with Gasteiger partial charge in [-0.15, -0.1) is 0 Å². The van der Waals surface area contributed by atoms with Gasteiger partial charge in [0.1, 0.15) is 5.84 Å². The molecule has 4 rings (SSSR count). The van der Waals surface area contributed by atoms with Crippen LogP contribution in [0.25, 0.3) is 0 Å². The number of hydrogen-bond donors (Lipinski definition) is 2. The van der Waals surface area contributed by atoms with Gasteiger partial charge in [-0.3, -0.25) is 19.3 Å². The fourth-order valence-electron chi connectivity index (χ4n) is 4.31. The molecule has 0 radical (unpaired) electrons. The average molecular weight is 483 g/mol. The van der Waals surface area contributed by atoms with Crippen molar-refractivity contribution >= 4 is 39.0 Å². The van der Waals surface area contributed by atoms with Crippen molar-refractivity contribution < 1.29 is 18.0 Å². The topological polar surface area (TPSA) is 108 Å². The summed E-state index contributed by atoms with van der Waals surface area (Å²) in [7, 11) is -3.78. The lowest BCUT2D eigenvalue weighted by Crippen LogP contribution is -2.30. The Morgan fingerprint density at radius 2 is 2.00 bits per heavy atom. The third kappa shape index (κ3) is 5.14. The van der Waals surface area contributed by atoms with Crippen LogP contribution >= 0.6 is 0 Å². The van der Waals surface area contributed by atoms with E-state index in [0.717, 1.165) is 24.1 Å². The number of sulfonamides is 1. The van der Waals surface area contributed by atoms with Crippen LogP contribution in [0, 0.1) is 5.92 Å². The van der Waals surface area contributed by atoms with Crippen LogP contribution in [-0.4, -0.2) is 39.2 Å². The summed E-state index contributed by atoms with van der Waals surface area (Å²) in [6.45, 7) is 5.14. The van der Waals surface area contributed by atoms with Crippen molar-refractivity contribution in [1.82, 2.24) is 4.72 Å². The molecule has 2 amide bonds. The predicted octanol–water partition coefficient (Wildman–Crippen LogP) is 3.66. The van der Waals surface area contributed by atoms with Gasteiger partial charge in [0.2, 0.25) is 11.8 Å². The van der Waals surface area contributed by atoms with Gasteiger partial charge in [0, 0.05) is 37.3 Å². The van der Waals surface area contributed by atoms with Crippen LogP contribution in [0.4, 0.5) is 11.4 Å². The highest BCUT2D eigenvalue weighted by molar-refractivity contribution is 7.90. The number of nitrogens with zero attached hydrogens (tertiary/aromatic N) is 2. The number of hydrogen-bond acceptors (Lipinski definition) is 5. The van der Waals surface area contributed by atoms with Crippen molar-refractivity contribution in [2.45, 2.75) is 50.3 Å².